The zero-order valence-electron chi connectivity index (χ0n) is 9.34. The molecule has 1 aromatic carbocycles. The lowest BCUT2D eigenvalue weighted by Gasteiger charge is -2.15. The molecule has 102 valence electrons. The van der Waals surface area contributed by atoms with Crippen LogP contribution in [0.2, 0.25) is 0 Å². The predicted molar refractivity (Wildman–Crippen MR) is 71.6 cm³/mol. The van der Waals surface area contributed by atoms with Crippen LogP contribution in [0.4, 0.5) is 13.2 Å². The minimum Gasteiger partial charge on any atom is -0.466 e. The molecule has 0 saturated heterocycles. The summed E-state index contributed by atoms with van der Waals surface area (Å²) in [4.78, 5) is 0. The van der Waals surface area contributed by atoms with Crippen LogP contribution in [0.5, 0.6) is 0 Å². The molecule has 0 radical (unpaired) electrons. The maximum Gasteiger partial charge on any atom is 0.416 e. The normalized spacial score (nSPS) is 13.6. The molecule has 2 N–H and O–H groups in total. The Labute approximate surface area is 124 Å². The molecule has 2 aromatic rings. The standard InChI is InChI=1S/C12H8Br2F3NO/c13-8-2-1-6(12(15,16)17)5-7(8)10(18)11-9(14)3-4-19-11/h1-5,10H,18H2. The van der Waals surface area contributed by atoms with Crippen LogP contribution < -0.4 is 5.73 Å². The Morgan fingerprint density at radius 1 is 1.11 bits per heavy atom. The van der Waals surface area contributed by atoms with E-state index in [2.05, 4.69) is 31.9 Å². The van der Waals surface area contributed by atoms with Crippen LogP contribution >= 0.6 is 31.9 Å². The molecule has 1 heterocycles. The molecule has 0 bridgehead atoms. The van der Waals surface area contributed by atoms with E-state index in [-0.39, 0.29) is 0 Å². The van der Waals surface area contributed by atoms with Gasteiger partial charge in [-0.1, -0.05) is 15.9 Å². The quantitative estimate of drug-likeness (QED) is 0.783. The highest BCUT2D eigenvalue weighted by Gasteiger charge is 2.32. The van der Waals surface area contributed by atoms with E-state index in [1.807, 2.05) is 0 Å². The molecule has 2 rings (SSSR count). The van der Waals surface area contributed by atoms with Gasteiger partial charge in [-0.15, -0.1) is 0 Å². The molecule has 0 fully saturated rings. The molecule has 1 atom stereocenters. The van der Waals surface area contributed by atoms with E-state index in [1.54, 1.807) is 6.07 Å². The van der Waals surface area contributed by atoms with Crippen molar-refractivity contribution in [1.82, 2.24) is 0 Å². The van der Waals surface area contributed by atoms with Crippen molar-refractivity contribution in [1.29, 1.82) is 0 Å². The minimum absolute atomic E-state index is 0.311. The van der Waals surface area contributed by atoms with E-state index >= 15 is 0 Å². The van der Waals surface area contributed by atoms with Gasteiger partial charge in [0, 0.05) is 4.47 Å². The third-order valence-corrected chi connectivity index (χ3v) is 3.96. The summed E-state index contributed by atoms with van der Waals surface area (Å²) >= 11 is 6.44. The molecule has 2 nitrogen and oxygen atoms in total. The van der Waals surface area contributed by atoms with E-state index in [0.717, 1.165) is 12.1 Å². The average Bonchev–Trinajstić information content (AvgIpc) is 2.73. The van der Waals surface area contributed by atoms with Crippen molar-refractivity contribution in [3.8, 4) is 0 Å². The number of hydrogen-bond acceptors (Lipinski definition) is 2. The Hall–Kier alpha value is -0.790. The van der Waals surface area contributed by atoms with Gasteiger partial charge < -0.3 is 10.2 Å². The molecule has 0 aliphatic rings. The van der Waals surface area contributed by atoms with Crippen molar-refractivity contribution >= 4 is 31.9 Å². The van der Waals surface area contributed by atoms with E-state index in [9.17, 15) is 13.2 Å². The van der Waals surface area contributed by atoms with Crippen molar-refractivity contribution < 1.29 is 17.6 Å². The van der Waals surface area contributed by atoms with Gasteiger partial charge in [0.2, 0.25) is 0 Å². The maximum absolute atomic E-state index is 12.7. The fourth-order valence-electron chi connectivity index (χ4n) is 1.63. The molecule has 1 unspecified atom stereocenters. The average molecular weight is 399 g/mol. The number of alkyl halides is 3. The first kappa shape index (κ1) is 14.6. The van der Waals surface area contributed by atoms with Crippen LogP contribution in [0.25, 0.3) is 0 Å². The van der Waals surface area contributed by atoms with Crippen LogP contribution in [0.1, 0.15) is 22.9 Å². The number of nitrogens with two attached hydrogens (primary N) is 1. The lowest BCUT2D eigenvalue weighted by molar-refractivity contribution is -0.137. The summed E-state index contributed by atoms with van der Waals surface area (Å²) < 4.78 is 44.4. The van der Waals surface area contributed by atoms with E-state index < -0.39 is 17.8 Å². The summed E-state index contributed by atoms with van der Waals surface area (Å²) in [6.45, 7) is 0. The first-order chi connectivity index (χ1) is 8.80. The Balaban J connectivity index is 2.47. The molecule has 0 aliphatic heterocycles. The van der Waals surface area contributed by atoms with Crippen molar-refractivity contribution in [2.24, 2.45) is 5.73 Å². The minimum atomic E-state index is -4.41. The van der Waals surface area contributed by atoms with E-state index in [4.69, 9.17) is 10.2 Å². The molecule has 0 saturated carbocycles. The molecule has 0 aliphatic carbocycles. The van der Waals surface area contributed by atoms with Gasteiger partial charge in [-0.3, -0.25) is 0 Å². The zero-order valence-corrected chi connectivity index (χ0v) is 12.5. The number of furan rings is 1. The summed E-state index contributed by atoms with van der Waals surface area (Å²) in [5, 5.41) is 0. The third kappa shape index (κ3) is 3.04. The van der Waals surface area contributed by atoms with Crippen molar-refractivity contribution in [2.75, 3.05) is 0 Å². The molecule has 7 heteroatoms. The Bertz CT molecular complexity index is 595. The highest BCUT2D eigenvalue weighted by atomic mass is 79.9. The SMILES string of the molecule is NC(c1cc(C(F)(F)F)ccc1Br)c1occc1Br. The van der Waals surface area contributed by atoms with E-state index in [0.29, 0.717) is 20.3 Å². The predicted octanol–water partition coefficient (Wildman–Crippen LogP) is 4.87. The first-order valence-corrected chi connectivity index (χ1v) is 6.74. The topological polar surface area (TPSA) is 39.2 Å². The summed E-state index contributed by atoms with van der Waals surface area (Å²) in [5.74, 6) is 0.375. The van der Waals surface area contributed by atoms with E-state index in [1.165, 1.54) is 12.3 Å². The molecular weight excluding hydrogens is 391 g/mol. The van der Waals surface area contributed by atoms with Gasteiger partial charge in [0.1, 0.15) is 5.76 Å². The third-order valence-electron chi connectivity index (χ3n) is 2.59. The zero-order chi connectivity index (χ0) is 14.2. The summed E-state index contributed by atoms with van der Waals surface area (Å²) in [6.07, 6.45) is -2.99. The second kappa shape index (κ2) is 5.30. The van der Waals surface area contributed by atoms with Gasteiger partial charge in [0.15, 0.2) is 0 Å². The summed E-state index contributed by atoms with van der Waals surface area (Å²) in [7, 11) is 0. The Kier molecular flexibility index (Phi) is 4.08. The molecule has 0 amide bonds. The van der Waals surface area contributed by atoms with Crippen LogP contribution in [0.15, 0.2) is 43.9 Å². The summed E-state index contributed by atoms with van der Waals surface area (Å²) in [5.41, 5.74) is 5.52. The second-order valence-electron chi connectivity index (χ2n) is 3.84. The number of halogens is 5. The highest BCUT2D eigenvalue weighted by molar-refractivity contribution is 9.10. The van der Waals surface area contributed by atoms with Crippen LogP contribution in [-0.2, 0) is 6.18 Å². The van der Waals surface area contributed by atoms with Crippen molar-refractivity contribution in [3.63, 3.8) is 0 Å². The fraction of sp³-hybridized carbons (Fsp3) is 0.167. The molecular formula is C12H8Br2F3NO. The van der Waals surface area contributed by atoms with Gasteiger partial charge in [-0.2, -0.15) is 13.2 Å². The van der Waals surface area contributed by atoms with Crippen LogP contribution in [0.3, 0.4) is 0 Å². The highest BCUT2D eigenvalue weighted by Crippen LogP contribution is 2.36. The lowest BCUT2D eigenvalue weighted by Crippen LogP contribution is -2.14. The largest absolute Gasteiger partial charge is 0.466 e. The molecule has 19 heavy (non-hydrogen) atoms. The second-order valence-corrected chi connectivity index (χ2v) is 5.55. The smallest absolute Gasteiger partial charge is 0.416 e. The maximum atomic E-state index is 12.7. The Morgan fingerprint density at radius 3 is 2.32 bits per heavy atom. The molecule has 0 spiro atoms. The number of rotatable bonds is 2. The van der Waals surface area contributed by atoms with Crippen molar-refractivity contribution in [3.05, 3.63) is 56.4 Å². The van der Waals surface area contributed by atoms with Crippen LogP contribution in [0, 0.1) is 0 Å². The van der Waals surface area contributed by atoms with Gasteiger partial charge >= 0.3 is 6.18 Å². The van der Waals surface area contributed by atoms with Crippen LogP contribution in [-0.4, -0.2) is 0 Å². The lowest BCUT2D eigenvalue weighted by atomic mass is 10.0. The van der Waals surface area contributed by atoms with Crippen molar-refractivity contribution in [2.45, 2.75) is 12.2 Å². The fourth-order valence-corrected chi connectivity index (χ4v) is 2.57. The first-order valence-electron chi connectivity index (χ1n) is 5.16. The van der Waals surface area contributed by atoms with Gasteiger partial charge in [-0.05, 0) is 45.8 Å². The number of hydrogen-bond donors (Lipinski definition) is 1. The number of benzene rings is 1. The van der Waals surface area contributed by atoms with Gasteiger partial charge in [-0.25, -0.2) is 0 Å². The summed E-state index contributed by atoms with van der Waals surface area (Å²) in [6, 6.07) is 4.19. The van der Waals surface area contributed by atoms with Gasteiger partial charge in [0.25, 0.3) is 0 Å². The molecule has 1 aromatic heterocycles. The Morgan fingerprint density at radius 2 is 1.79 bits per heavy atom. The monoisotopic (exact) mass is 397 g/mol. The van der Waals surface area contributed by atoms with Gasteiger partial charge in [0.05, 0.1) is 22.3 Å².